The molecule has 0 amide bonds. The topological polar surface area (TPSA) is 43.4 Å². The summed E-state index contributed by atoms with van der Waals surface area (Å²) < 4.78 is 11.5. The zero-order valence-electron chi connectivity index (χ0n) is 17.0. The first-order valence-corrected chi connectivity index (χ1v) is 9.55. The van der Waals surface area contributed by atoms with Gasteiger partial charge in [0.25, 0.3) is 0 Å². The minimum atomic E-state index is 0.198. The van der Waals surface area contributed by atoms with Crippen molar-refractivity contribution in [2.45, 2.75) is 40.0 Å². The van der Waals surface area contributed by atoms with Crippen LogP contribution in [0.5, 0.6) is 11.5 Å². The molecule has 28 heavy (non-hydrogen) atoms. The summed E-state index contributed by atoms with van der Waals surface area (Å²) in [6, 6.07) is 16.8. The lowest BCUT2D eigenvalue weighted by Crippen LogP contribution is -2.18. The normalized spacial score (nSPS) is 11.9. The van der Waals surface area contributed by atoms with E-state index in [0.717, 1.165) is 29.2 Å². The van der Waals surface area contributed by atoms with Gasteiger partial charge in [-0.2, -0.15) is 0 Å². The third-order valence-electron chi connectivity index (χ3n) is 4.73. The van der Waals surface area contributed by atoms with Gasteiger partial charge in [-0.15, -0.1) is 0 Å². The molecular weight excluding hydrogens is 348 g/mol. The quantitative estimate of drug-likeness (QED) is 0.591. The molecule has 3 rings (SSSR count). The molecule has 0 aliphatic rings. The van der Waals surface area contributed by atoms with Gasteiger partial charge in [0, 0.05) is 25.0 Å². The van der Waals surface area contributed by atoms with Gasteiger partial charge in [0.15, 0.2) is 11.5 Å². The molecule has 1 N–H and O–H groups in total. The van der Waals surface area contributed by atoms with Crippen LogP contribution in [0, 0.1) is 13.8 Å². The Morgan fingerprint density at radius 3 is 2.29 bits per heavy atom. The number of hydrogen-bond acceptors (Lipinski definition) is 4. The minimum Gasteiger partial charge on any atom is -0.493 e. The van der Waals surface area contributed by atoms with Crippen molar-refractivity contribution in [3.8, 4) is 11.5 Å². The highest BCUT2D eigenvalue weighted by Gasteiger charge is 2.11. The highest BCUT2D eigenvalue weighted by atomic mass is 16.5. The molecule has 2 aromatic carbocycles. The fourth-order valence-electron chi connectivity index (χ4n) is 3.27. The van der Waals surface area contributed by atoms with E-state index in [2.05, 4.69) is 55.3 Å². The van der Waals surface area contributed by atoms with Crippen molar-refractivity contribution >= 4 is 0 Å². The van der Waals surface area contributed by atoms with Gasteiger partial charge in [-0.3, -0.25) is 4.98 Å². The molecule has 4 nitrogen and oxygen atoms in total. The van der Waals surface area contributed by atoms with Crippen molar-refractivity contribution in [2.75, 3.05) is 7.11 Å². The lowest BCUT2D eigenvalue weighted by Gasteiger charge is -2.18. The second-order valence-corrected chi connectivity index (χ2v) is 7.15. The van der Waals surface area contributed by atoms with E-state index in [1.807, 2.05) is 24.3 Å². The lowest BCUT2D eigenvalue weighted by molar-refractivity contribution is 0.284. The Labute approximate surface area is 167 Å². The van der Waals surface area contributed by atoms with Crippen molar-refractivity contribution in [3.05, 3.63) is 88.7 Å². The Bertz CT molecular complexity index is 889. The molecule has 0 radical (unpaired) electrons. The molecule has 0 saturated carbocycles. The van der Waals surface area contributed by atoms with Crippen LogP contribution in [0.15, 0.2) is 60.9 Å². The number of nitrogens with zero attached hydrogens (tertiary/aromatic N) is 1. The zero-order chi connectivity index (χ0) is 19.9. The number of pyridine rings is 1. The number of nitrogens with one attached hydrogen (secondary N) is 1. The molecule has 3 aromatic rings. The third kappa shape index (κ3) is 5.33. The molecule has 1 heterocycles. The van der Waals surface area contributed by atoms with Crippen molar-refractivity contribution in [2.24, 2.45) is 0 Å². The summed E-state index contributed by atoms with van der Waals surface area (Å²) in [6.07, 6.45) is 3.53. The molecule has 0 aliphatic carbocycles. The van der Waals surface area contributed by atoms with E-state index < -0.39 is 0 Å². The van der Waals surface area contributed by atoms with E-state index in [1.165, 1.54) is 16.7 Å². The van der Waals surface area contributed by atoms with Crippen LogP contribution >= 0.6 is 0 Å². The second kappa shape index (κ2) is 9.38. The van der Waals surface area contributed by atoms with Crippen molar-refractivity contribution < 1.29 is 9.47 Å². The molecule has 0 spiro atoms. The number of ether oxygens (including phenoxy) is 2. The molecular formula is C24H28N2O2. The Kier molecular flexibility index (Phi) is 6.66. The third-order valence-corrected chi connectivity index (χ3v) is 4.73. The fourth-order valence-corrected chi connectivity index (χ4v) is 3.27. The van der Waals surface area contributed by atoms with Gasteiger partial charge < -0.3 is 14.8 Å². The molecule has 0 fully saturated rings. The predicted molar refractivity (Wildman–Crippen MR) is 113 cm³/mol. The van der Waals surface area contributed by atoms with E-state index in [4.69, 9.17) is 9.47 Å². The Morgan fingerprint density at radius 2 is 1.61 bits per heavy atom. The summed E-state index contributed by atoms with van der Waals surface area (Å²) in [6.45, 7) is 7.74. The molecule has 4 heteroatoms. The SMILES string of the molecule is COc1cc(C(C)NCc2cc(C)cc(C)c2)ccc1OCc1ccncc1. The maximum absolute atomic E-state index is 5.93. The van der Waals surface area contributed by atoms with Gasteiger partial charge in [0.1, 0.15) is 6.61 Å². The summed E-state index contributed by atoms with van der Waals surface area (Å²) in [5.74, 6) is 1.48. The first-order valence-electron chi connectivity index (χ1n) is 9.55. The number of aromatic nitrogens is 1. The van der Waals surface area contributed by atoms with Crippen molar-refractivity contribution in [3.63, 3.8) is 0 Å². The summed E-state index contributed by atoms with van der Waals surface area (Å²) in [5, 5.41) is 3.59. The van der Waals surface area contributed by atoms with Crippen LogP contribution in [0.4, 0.5) is 0 Å². The zero-order valence-corrected chi connectivity index (χ0v) is 17.0. The largest absolute Gasteiger partial charge is 0.493 e. The standard InChI is InChI=1S/C24H28N2O2/c1-17-11-18(2)13-21(12-17)15-26-19(3)22-5-6-23(24(14-22)27-4)28-16-20-7-9-25-10-8-20/h5-14,19,26H,15-16H2,1-4H3. The van der Waals surface area contributed by atoms with Gasteiger partial charge in [0.05, 0.1) is 7.11 Å². The van der Waals surface area contributed by atoms with Crippen LogP contribution in [-0.2, 0) is 13.2 Å². The first kappa shape index (κ1) is 19.9. The molecule has 146 valence electrons. The highest BCUT2D eigenvalue weighted by Crippen LogP contribution is 2.31. The highest BCUT2D eigenvalue weighted by molar-refractivity contribution is 5.44. The van der Waals surface area contributed by atoms with Gasteiger partial charge >= 0.3 is 0 Å². The van der Waals surface area contributed by atoms with E-state index >= 15 is 0 Å². The minimum absolute atomic E-state index is 0.198. The number of aryl methyl sites for hydroxylation is 2. The van der Waals surface area contributed by atoms with Crippen LogP contribution in [-0.4, -0.2) is 12.1 Å². The van der Waals surface area contributed by atoms with Crippen molar-refractivity contribution in [1.29, 1.82) is 0 Å². The molecule has 0 aliphatic heterocycles. The number of methoxy groups -OCH3 is 1. The number of hydrogen-bond donors (Lipinski definition) is 1. The Hall–Kier alpha value is -2.85. The van der Waals surface area contributed by atoms with Gasteiger partial charge in [-0.1, -0.05) is 35.4 Å². The van der Waals surface area contributed by atoms with Crippen molar-refractivity contribution in [1.82, 2.24) is 10.3 Å². The van der Waals surface area contributed by atoms with Crippen LogP contribution in [0.3, 0.4) is 0 Å². The molecule has 1 unspecified atom stereocenters. The van der Waals surface area contributed by atoms with Crippen LogP contribution in [0.2, 0.25) is 0 Å². The lowest BCUT2D eigenvalue weighted by atomic mass is 10.1. The number of benzene rings is 2. The van der Waals surface area contributed by atoms with Crippen LogP contribution in [0.1, 0.15) is 40.8 Å². The van der Waals surface area contributed by atoms with Crippen LogP contribution in [0.25, 0.3) is 0 Å². The predicted octanol–water partition coefficient (Wildman–Crippen LogP) is 5.14. The molecule has 1 aromatic heterocycles. The van der Waals surface area contributed by atoms with Crippen LogP contribution < -0.4 is 14.8 Å². The summed E-state index contributed by atoms with van der Waals surface area (Å²) >= 11 is 0. The summed E-state index contributed by atoms with van der Waals surface area (Å²) in [5.41, 5.74) is 6.12. The second-order valence-electron chi connectivity index (χ2n) is 7.15. The van der Waals surface area contributed by atoms with E-state index in [0.29, 0.717) is 6.61 Å². The van der Waals surface area contributed by atoms with E-state index in [-0.39, 0.29) is 6.04 Å². The summed E-state index contributed by atoms with van der Waals surface area (Å²) in [4.78, 5) is 4.03. The van der Waals surface area contributed by atoms with Gasteiger partial charge in [-0.05, 0) is 61.7 Å². The Balaban J connectivity index is 1.64. The Morgan fingerprint density at radius 1 is 0.893 bits per heavy atom. The van der Waals surface area contributed by atoms with E-state index in [9.17, 15) is 0 Å². The van der Waals surface area contributed by atoms with Gasteiger partial charge in [0.2, 0.25) is 0 Å². The number of rotatable bonds is 8. The molecule has 1 atom stereocenters. The smallest absolute Gasteiger partial charge is 0.161 e. The first-order chi connectivity index (χ1) is 13.5. The fraction of sp³-hybridized carbons (Fsp3) is 0.292. The molecule has 0 saturated heterocycles. The maximum Gasteiger partial charge on any atom is 0.161 e. The van der Waals surface area contributed by atoms with E-state index in [1.54, 1.807) is 19.5 Å². The van der Waals surface area contributed by atoms with Gasteiger partial charge in [-0.25, -0.2) is 0 Å². The summed E-state index contributed by atoms with van der Waals surface area (Å²) in [7, 11) is 1.67. The monoisotopic (exact) mass is 376 g/mol. The maximum atomic E-state index is 5.93. The molecule has 0 bridgehead atoms. The average Bonchev–Trinajstić information content (AvgIpc) is 2.70. The average molecular weight is 377 g/mol.